The minimum absolute atomic E-state index is 0.539. The van der Waals surface area contributed by atoms with E-state index in [-0.39, 0.29) is 0 Å². The van der Waals surface area contributed by atoms with Crippen molar-refractivity contribution in [2.24, 2.45) is 5.18 Å². The Morgan fingerprint density at radius 3 is 2.70 bits per heavy atom. The number of hydrogen-bond donors (Lipinski definition) is 0. The molecule has 1 rings (SSSR count). The zero-order valence-corrected chi connectivity index (χ0v) is 12.6. The first kappa shape index (κ1) is 16.0. The lowest BCUT2D eigenvalue weighted by molar-refractivity contribution is -0.119. The summed E-state index contributed by atoms with van der Waals surface area (Å²) in [7, 11) is 2.62. The van der Waals surface area contributed by atoms with E-state index in [1.807, 2.05) is 37.3 Å². The van der Waals surface area contributed by atoms with Gasteiger partial charge in [-0.2, -0.15) is 0 Å². The highest BCUT2D eigenvalue weighted by Crippen LogP contribution is 2.22. The fourth-order valence-electron chi connectivity index (χ4n) is 1.82. The van der Waals surface area contributed by atoms with E-state index < -0.39 is 11.8 Å². The molecule has 20 heavy (non-hydrogen) atoms. The molecule has 1 amide bonds. The Kier molecular flexibility index (Phi) is 6.03. The predicted molar refractivity (Wildman–Crippen MR) is 86.6 cm³/mol. The van der Waals surface area contributed by atoms with Crippen LogP contribution in [0.4, 0.5) is 0 Å². The average molecular weight is 285 g/mol. The quantitative estimate of drug-likeness (QED) is 0.369. The fraction of sp³-hybridized carbons (Fsp3) is 0.188. The molecule has 0 aliphatic carbocycles. The van der Waals surface area contributed by atoms with Gasteiger partial charge in [0.1, 0.15) is 0 Å². The molecule has 0 aliphatic heterocycles. The van der Waals surface area contributed by atoms with E-state index in [9.17, 15) is 9.70 Å². The molecule has 0 saturated heterocycles. The molecule has 0 fully saturated rings. The van der Waals surface area contributed by atoms with Crippen molar-refractivity contribution in [3.05, 3.63) is 52.5 Å². The highest BCUT2D eigenvalue weighted by atomic mass is 31.0. The van der Waals surface area contributed by atoms with Gasteiger partial charge in [-0.3, -0.25) is 4.79 Å². The SMILES string of the molecule is C#C/C=C(\C=C/C)c1ccc([C@H](C)C(=O)N=O)cc1P. The van der Waals surface area contributed by atoms with Crippen molar-refractivity contribution in [2.45, 2.75) is 19.8 Å². The minimum atomic E-state index is -0.671. The molecule has 102 valence electrons. The monoisotopic (exact) mass is 285 g/mol. The molecule has 1 aromatic carbocycles. The number of carbonyl (C=O) groups is 1. The van der Waals surface area contributed by atoms with Gasteiger partial charge in [-0.15, -0.1) is 20.6 Å². The van der Waals surface area contributed by atoms with Crippen molar-refractivity contribution >= 4 is 26.0 Å². The number of rotatable bonds is 4. The van der Waals surface area contributed by atoms with Crippen LogP contribution in [-0.4, -0.2) is 5.91 Å². The third-order valence-corrected chi connectivity index (χ3v) is 3.41. The molecular formula is C16H16NO2P. The molecule has 0 spiro atoms. The molecule has 0 aliphatic rings. The van der Waals surface area contributed by atoms with Gasteiger partial charge in [-0.1, -0.05) is 36.3 Å². The molecule has 3 nitrogen and oxygen atoms in total. The molecule has 4 heteroatoms. The number of benzene rings is 1. The maximum Gasteiger partial charge on any atom is 0.293 e. The van der Waals surface area contributed by atoms with Gasteiger partial charge in [-0.05, 0) is 41.9 Å². The van der Waals surface area contributed by atoms with Crippen LogP contribution in [0.3, 0.4) is 0 Å². The van der Waals surface area contributed by atoms with Crippen LogP contribution in [-0.2, 0) is 4.79 Å². The molecule has 1 aromatic rings. The van der Waals surface area contributed by atoms with Crippen LogP contribution in [0.5, 0.6) is 0 Å². The zero-order valence-electron chi connectivity index (χ0n) is 11.5. The largest absolute Gasteiger partial charge is 0.293 e. The summed E-state index contributed by atoms with van der Waals surface area (Å²) in [5, 5.41) is 3.38. The number of hydrogen-bond acceptors (Lipinski definition) is 2. The highest BCUT2D eigenvalue weighted by Gasteiger charge is 2.16. The summed E-state index contributed by atoms with van der Waals surface area (Å²) in [6.07, 6.45) is 10.8. The fourth-order valence-corrected chi connectivity index (χ4v) is 2.28. The molecule has 2 atom stereocenters. The van der Waals surface area contributed by atoms with E-state index in [2.05, 4.69) is 20.3 Å². The topological polar surface area (TPSA) is 46.5 Å². The van der Waals surface area contributed by atoms with E-state index >= 15 is 0 Å². The van der Waals surface area contributed by atoms with Gasteiger partial charge >= 0.3 is 0 Å². The smallest absolute Gasteiger partial charge is 0.268 e. The van der Waals surface area contributed by atoms with Gasteiger partial charge in [0.05, 0.1) is 5.92 Å². The molecule has 0 heterocycles. The van der Waals surface area contributed by atoms with Crippen LogP contribution in [0.25, 0.3) is 5.57 Å². The van der Waals surface area contributed by atoms with Gasteiger partial charge in [0, 0.05) is 5.18 Å². The standard InChI is InChI=1S/C16H16NO2P/c1-4-6-12(7-5-2)14-9-8-13(10-15(14)20)11(3)16(18)17-19/h1,5-11H,20H2,2-3H3/b7-5-,12-6+/t11-/m0/s1. The summed E-state index contributed by atoms with van der Waals surface area (Å²) in [6, 6.07) is 5.54. The van der Waals surface area contributed by atoms with E-state index in [0.29, 0.717) is 0 Å². The van der Waals surface area contributed by atoms with E-state index in [4.69, 9.17) is 6.42 Å². The Morgan fingerprint density at radius 2 is 2.20 bits per heavy atom. The summed E-state index contributed by atoms with van der Waals surface area (Å²) in [6.45, 7) is 3.57. The normalized spacial score (nSPS) is 13.0. The average Bonchev–Trinajstić information content (AvgIpc) is 2.45. The van der Waals surface area contributed by atoms with Crippen molar-refractivity contribution in [2.75, 3.05) is 0 Å². The van der Waals surface area contributed by atoms with Crippen LogP contribution in [0.2, 0.25) is 0 Å². The van der Waals surface area contributed by atoms with Crippen molar-refractivity contribution in [3.8, 4) is 12.3 Å². The second kappa shape index (κ2) is 7.53. The first-order valence-corrected chi connectivity index (χ1v) is 6.68. The predicted octanol–water partition coefficient (Wildman–Crippen LogP) is 3.18. The third kappa shape index (κ3) is 3.73. The van der Waals surface area contributed by atoms with Gasteiger partial charge in [0.2, 0.25) is 0 Å². The third-order valence-electron chi connectivity index (χ3n) is 2.93. The van der Waals surface area contributed by atoms with E-state index in [1.54, 1.807) is 13.0 Å². The number of allylic oxidation sites excluding steroid dienone is 4. The minimum Gasteiger partial charge on any atom is -0.268 e. The number of nitroso groups, excluding NO2 is 1. The first-order chi connectivity index (χ1) is 9.54. The van der Waals surface area contributed by atoms with E-state index in [1.165, 1.54) is 0 Å². The van der Waals surface area contributed by atoms with Crippen molar-refractivity contribution < 1.29 is 4.79 Å². The Morgan fingerprint density at radius 1 is 1.50 bits per heavy atom. The van der Waals surface area contributed by atoms with Crippen molar-refractivity contribution in [1.82, 2.24) is 0 Å². The molecule has 0 N–H and O–H groups in total. The Hall–Kier alpha value is -2.04. The summed E-state index contributed by atoms with van der Waals surface area (Å²) in [5.41, 5.74) is 2.64. The van der Waals surface area contributed by atoms with Crippen molar-refractivity contribution in [1.29, 1.82) is 0 Å². The molecular weight excluding hydrogens is 269 g/mol. The second-order valence-electron chi connectivity index (χ2n) is 4.26. The second-order valence-corrected chi connectivity index (χ2v) is 4.89. The highest BCUT2D eigenvalue weighted by molar-refractivity contribution is 7.27. The summed E-state index contributed by atoms with van der Waals surface area (Å²) in [4.78, 5) is 21.6. The molecule has 0 radical (unpaired) electrons. The van der Waals surface area contributed by atoms with Crippen LogP contribution in [0.15, 0.2) is 41.6 Å². The number of nitrogens with zero attached hydrogens (tertiary/aromatic N) is 1. The summed E-state index contributed by atoms with van der Waals surface area (Å²) < 4.78 is 0. The Labute approximate surface area is 121 Å². The Bertz CT molecular complexity index is 624. The first-order valence-electron chi connectivity index (χ1n) is 6.11. The maximum absolute atomic E-state index is 11.3. The van der Waals surface area contributed by atoms with E-state index in [0.717, 1.165) is 22.0 Å². The number of amides is 1. The van der Waals surface area contributed by atoms with Gasteiger partial charge in [0.25, 0.3) is 5.91 Å². The Balaban J connectivity index is 3.23. The molecule has 0 saturated carbocycles. The lowest BCUT2D eigenvalue weighted by Crippen LogP contribution is -2.09. The van der Waals surface area contributed by atoms with Gasteiger partial charge in [0.15, 0.2) is 0 Å². The zero-order chi connectivity index (χ0) is 15.1. The van der Waals surface area contributed by atoms with Gasteiger partial charge in [-0.25, -0.2) is 0 Å². The molecule has 0 aromatic heterocycles. The summed E-state index contributed by atoms with van der Waals surface area (Å²) >= 11 is 0. The molecule has 1 unspecified atom stereocenters. The van der Waals surface area contributed by atoms with Crippen LogP contribution < -0.4 is 5.30 Å². The van der Waals surface area contributed by atoms with Crippen LogP contribution in [0, 0.1) is 17.3 Å². The van der Waals surface area contributed by atoms with Crippen LogP contribution in [0.1, 0.15) is 30.9 Å². The molecule has 0 bridgehead atoms. The lowest BCUT2D eigenvalue weighted by Gasteiger charge is -2.11. The maximum atomic E-state index is 11.3. The van der Waals surface area contributed by atoms with Crippen molar-refractivity contribution in [3.63, 3.8) is 0 Å². The van der Waals surface area contributed by atoms with Crippen LogP contribution >= 0.6 is 9.24 Å². The van der Waals surface area contributed by atoms with Gasteiger partial charge < -0.3 is 0 Å². The number of carbonyl (C=O) groups excluding carboxylic acids is 1. The summed E-state index contributed by atoms with van der Waals surface area (Å²) in [5.74, 6) is 1.30. The lowest BCUT2D eigenvalue weighted by atomic mass is 9.96. The number of terminal acetylenes is 1.